The standard InChI is InChI=1S/C14H10F2IN2P.C2H6/c1-8-10-7-9(5-6-13(10)19(18-8)20-17)14-11(15)3-2-4-12(14)16;1-2/h2-7,20H,1H3;1-2H3. The van der Waals surface area contributed by atoms with E-state index in [4.69, 9.17) is 0 Å². The smallest absolute Gasteiger partial charge is 0.133 e. The van der Waals surface area contributed by atoms with Crippen LogP contribution in [-0.4, -0.2) is 9.55 Å². The minimum absolute atomic E-state index is 0.0125. The molecule has 6 heteroatoms. The first-order chi connectivity index (χ1) is 10.6. The highest BCUT2D eigenvalue weighted by atomic mass is 127. The number of halogens is 3. The van der Waals surface area contributed by atoms with Gasteiger partial charge in [-0.15, -0.1) is 0 Å². The van der Waals surface area contributed by atoms with E-state index in [1.54, 1.807) is 12.1 Å². The Hall–Kier alpha value is -1.07. The van der Waals surface area contributed by atoms with Crippen LogP contribution in [0.25, 0.3) is 22.0 Å². The summed E-state index contributed by atoms with van der Waals surface area (Å²) in [4.78, 5) is 0. The predicted molar refractivity (Wildman–Crippen MR) is 98.9 cm³/mol. The molecule has 3 aromatic rings. The highest BCUT2D eigenvalue weighted by Gasteiger charge is 2.13. The van der Waals surface area contributed by atoms with Gasteiger partial charge in [0.25, 0.3) is 0 Å². The molecule has 0 bridgehead atoms. The lowest BCUT2D eigenvalue weighted by Gasteiger charge is -2.06. The first kappa shape index (κ1) is 17.3. The number of nitrogens with zero attached hydrogens (tertiary/aromatic N) is 2. The van der Waals surface area contributed by atoms with Crippen molar-refractivity contribution in [1.29, 1.82) is 0 Å². The fraction of sp³-hybridized carbons (Fsp3) is 0.188. The number of rotatable bonds is 2. The second-order valence-corrected chi connectivity index (χ2v) is 6.45. The molecular formula is C16H16F2IN2P. The highest BCUT2D eigenvalue weighted by molar-refractivity contribution is 14.2. The van der Waals surface area contributed by atoms with E-state index >= 15 is 0 Å². The molecule has 0 spiro atoms. The molecule has 1 aromatic heterocycles. The van der Waals surface area contributed by atoms with Crippen LogP contribution < -0.4 is 0 Å². The van der Waals surface area contributed by atoms with Crippen molar-refractivity contribution in [1.82, 2.24) is 9.55 Å². The number of aromatic nitrogens is 2. The number of aryl methyl sites for hydroxylation is 1. The van der Waals surface area contributed by atoms with E-state index in [2.05, 4.69) is 27.1 Å². The molecule has 1 unspecified atom stereocenters. The maximum absolute atomic E-state index is 13.8. The molecule has 0 radical (unpaired) electrons. The number of hydrogen-bond acceptors (Lipinski definition) is 1. The molecule has 0 N–H and O–H groups in total. The van der Waals surface area contributed by atoms with E-state index in [0.29, 0.717) is 11.9 Å². The maximum Gasteiger partial charge on any atom is 0.133 e. The zero-order valence-electron chi connectivity index (χ0n) is 12.5. The lowest BCUT2D eigenvalue weighted by Crippen LogP contribution is -1.89. The topological polar surface area (TPSA) is 17.8 Å². The minimum Gasteiger partial charge on any atom is -0.237 e. The molecule has 2 nitrogen and oxygen atoms in total. The van der Waals surface area contributed by atoms with Gasteiger partial charge in [0.1, 0.15) is 11.6 Å². The van der Waals surface area contributed by atoms with Gasteiger partial charge < -0.3 is 0 Å². The second kappa shape index (κ2) is 7.47. The van der Waals surface area contributed by atoms with E-state index in [1.165, 1.54) is 18.2 Å². The van der Waals surface area contributed by atoms with Gasteiger partial charge in [-0.1, -0.05) is 26.0 Å². The summed E-state index contributed by atoms with van der Waals surface area (Å²) >= 11 is 2.25. The fourth-order valence-corrected chi connectivity index (χ4v) is 3.84. The lowest BCUT2D eigenvalue weighted by atomic mass is 10.0. The fourth-order valence-electron chi connectivity index (χ4n) is 2.26. The Morgan fingerprint density at radius 1 is 1.09 bits per heavy atom. The third-order valence-corrected chi connectivity index (χ3v) is 5.07. The van der Waals surface area contributed by atoms with E-state index in [0.717, 1.165) is 16.6 Å². The van der Waals surface area contributed by atoms with Crippen LogP contribution in [0.3, 0.4) is 0 Å². The Morgan fingerprint density at radius 3 is 2.32 bits per heavy atom. The summed E-state index contributed by atoms with van der Waals surface area (Å²) in [5, 5.41) is 5.35. The lowest BCUT2D eigenvalue weighted by molar-refractivity contribution is 0.589. The first-order valence-electron chi connectivity index (χ1n) is 6.92. The molecule has 0 aliphatic rings. The van der Waals surface area contributed by atoms with Crippen LogP contribution in [0, 0.1) is 18.6 Å². The van der Waals surface area contributed by atoms with Crippen LogP contribution in [0.5, 0.6) is 0 Å². The summed E-state index contributed by atoms with van der Waals surface area (Å²) in [6.07, 6.45) is 0.491. The van der Waals surface area contributed by atoms with Gasteiger partial charge in [-0.2, -0.15) is 5.10 Å². The normalized spacial score (nSPS) is 11.0. The SMILES string of the molecule is CC.Cc1nn(PI)c2ccc(-c3c(F)cccc3F)cc12. The third-order valence-electron chi connectivity index (χ3n) is 3.20. The van der Waals surface area contributed by atoms with E-state index in [-0.39, 0.29) is 5.56 Å². The molecule has 1 atom stereocenters. The van der Waals surface area contributed by atoms with Crippen molar-refractivity contribution in [2.75, 3.05) is 0 Å². The summed E-state index contributed by atoms with van der Waals surface area (Å²) in [5.74, 6) is -1.10. The van der Waals surface area contributed by atoms with E-state index < -0.39 is 11.6 Å². The molecule has 0 saturated heterocycles. The number of benzene rings is 2. The van der Waals surface area contributed by atoms with Gasteiger partial charge in [-0.25, -0.2) is 13.2 Å². The van der Waals surface area contributed by atoms with Gasteiger partial charge in [0.2, 0.25) is 0 Å². The molecule has 3 rings (SSSR count). The monoisotopic (exact) mass is 432 g/mol. The maximum atomic E-state index is 13.8. The zero-order valence-corrected chi connectivity index (χ0v) is 15.6. The molecule has 0 aliphatic carbocycles. The second-order valence-electron chi connectivity index (χ2n) is 4.41. The van der Waals surface area contributed by atoms with Crippen molar-refractivity contribution in [3.8, 4) is 11.1 Å². The minimum atomic E-state index is -0.551. The highest BCUT2D eigenvalue weighted by Crippen LogP contribution is 2.34. The van der Waals surface area contributed by atoms with Crippen molar-refractivity contribution in [2.24, 2.45) is 0 Å². The number of fused-ring (bicyclic) bond motifs is 1. The summed E-state index contributed by atoms with van der Waals surface area (Å²) in [7, 11) is 0. The molecule has 2 aromatic carbocycles. The van der Waals surface area contributed by atoms with Crippen molar-refractivity contribution in [3.63, 3.8) is 0 Å². The summed E-state index contributed by atoms with van der Waals surface area (Å²) < 4.78 is 29.6. The van der Waals surface area contributed by atoms with Crippen LogP contribution in [-0.2, 0) is 0 Å². The van der Waals surface area contributed by atoms with Gasteiger partial charge >= 0.3 is 0 Å². The third kappa shape index (κ3) is 3.15. The molecule has 1 heterocycles. The molecular weight excluding hydrogens is 416 g/mol. The Balaban J connectivity index is 0.000000847. The summed E-state index contributed by atoms with van der Waals surface area (Å²) in [5.41, 5.74) is 2.39. The van der Waals surface area contributed by atoms with Crippen molar-refractivity contribution >= 4 is 39.3 Å². The summed E-state index contributed by atoms with van der Waals surface area (Å²) in [6.45, 7) is 5.90. The Kier molecular flexibility index (Phi) is 5.87. The van der Waals surface area contributed by atoms with Gasteiger partial charge in [0.15, 0.2) is 0 Å². The van der Waals surface area contributed by atoms with Gasteiger partial charge in [-0.3, -0.25) is 0 Å². The molecule has 0 fully saturated rings. The first-order valence-corrected chi connectivity index (χ1v) is 11.0. The molecule has 0 aliphatic heterocycles. The van der Waals surface area contributed by atoms with Crippen LogP contribution in [0.2, 0.25) is 0 Å². The predicted octanol–water partition coefficient (Wildman–Crippen LogP) is 6.11. The van der Waals surface area contributed by atoms with Crippen molar-refractivity contribution in [3.05, 3.63) is 53.7 Å². The molecule has 116 valence electrons. The van der Waals surface area contributed by atoms with E-state index in [9.17, 15) is 8.78 Å². The quantitative estimate of drug-likeness (QED) is 0.353. The molecule has 22 heavy (non-hydrogen) atoms. The summed E-state index contributed by atoms with van der Waals surface area (Å²) in [6, 6.07) is 9.30. The Labute approximate surface area is 143 Å². The Bertz CT molecular complexity index is 782. The average molecular weight is 432 g/mol. The van der Waals surface area contributed by atoms with Crippen LogP contribution in [0.1, 0.15) is 19.5 Å². The van der Waals surface area contributed by atoms with Crippen LogP contribution in [0.4, 0.5) is 8.78 Å². The van der Waals surface area contributed by atoms with Gasteiger partial charge in [0.05, 0.1) is 23.1 Å². The van der Waals surface area contributed by atoms with Gasteiger partial charge in [0, 0.05) is 5.39 Å². The molecule has 0 saturated carbocycles. The molecule has 0 amide bonds. The van der Waals surface area contributed by atoms with Crippen LogP contribution >= 0.6 is 28.4 Å². The zero-order chi connectivity index (χ0) is 16.3. The van der Waals surface area contributed by atoms with Crippen molar-refractivity contribution < 1.29 is 8.78 Å². The van der Waals surface area contributed by atoms with Crippen molar-refractivity contribution in [2.45, 2.75) is 20.8 Å². The number of hydrogen-bond donors (Lipinski definition) is 0. The Morgan fingerprint density at radius 2 is 1.73 bits per heavy atom. The average Bonchev–Trinajstić information content (AvgIpc) is 2.85. The van der Waals surface area contributed by atoms with Gasteiger partial charge in [-0.05, 0) is 58.8 Å². The van der Waals surface area contributed by atoms with Crippen LogP contribution in [0.15, 0.2) is 36.4 Å². The van der Waals surface area contributed by atoms with E-state index in [1.807, 2.05) is 31.3 Å². The largest absolute Gasteiger partial charge is 0.237 e.